The third-order valence-electron chi connectivity index (χ3n) is 5.39. The lowest BCUT2D eigenvalue weighted by molar-refractivity contribution is -0.132. The van der Waals surface area contributed by atoms with E-state index in [0.29, 0.717) is 22.6 Å². The number of aliphatic hydroxyl groups is 1. The average molecular weight is 413 g/mol. The van der Waals surface area contributed by atoms with Crippen LogP contribution in [-0.2, 0) is 9.59 Å². The highest BCUT2D eigenvalue weighted by atomic mass is 16.5. The van der Waals surface area contributed by atoms with Gasteiger partial charge in [-0.25, -0.2) is 0 Å². The number of hydrogen-bond donors (Lipinski definition) is 1. The summed E-state index contributed by atoms with van der Waals surface area (Å²) < 4.78 is 5.36. The maximum absolute atomic E-state index is 13.2. The van der Waals surface area contributed by atoms with Crippen molar-refractivity contribution in [1.29, 1.82) is 0 Å². The number of hydrogen-bond acceptors (Lipinski definition) is 4. The number of aryl methyl sites for hydroxylation is 2. The van der Waals surface area contributed by atoms with Crippen molar-refractivity contribution in [3.05, 3.63) is 101 Å². The molecule has 0 radical (unpaired) electrons. The molecule has 156 valence electrons. The number of carbonyl (C=O) groups is 2. The van der Waals surface area contributed by atoms with Gasteiger partial charge in [0.05, 0.1) is 18.7 Å². The molecular formula is C26H23NO4. The predicted octanol–water partition coefficient (Wildman–Crippen LogP) is 4.94. The zero-order valence-electron chi connectivity index (χ0n) is 17.6. The minimum absolute atomic E-state index is 0.0589. The third kappa shape index (κ3) is 3.70. The van der Waals surface area contributed by atoms with Crippen LogP contribution < -0.4 is 9.64 Å². The minimum atomic E-state index is -0.781. The van der Waals surface area contributed by atoms with Crippen LogP contribution in [0, 0.1) is 13.8 Å². The molecule has 31 heavy (non-hydrogen) atoms. The van der Waals surface area contributed by atoms with Crippen LogP contribution in [0.5, 0.6) is 5.75 Å². The summed E-state index contributed by atoms with van der Waals surface area (Å²) in [6, 6.07) is 21.0. The molecule has 1 N–H and O–H groups in total. The molecule has 0 bridgehead atoms. The predicted molar refractivity (Wildman–Crippen MR) is 120 cm³/mol. The number of methoxy groups -OCH3 is 1. The van der Waals surface area contributed by atoms with Crippen molar-refractivity contribution >= 4 is 23.1 Å². The second kappa shape index (κ2) is 8.11. The van der Waals surface area contributed by atoms with Crippen molar-refractivity contribution < 1.29 is 19.4 Å². The van der Waals surface area contributed by atoms with E-state index in [9.17, 15) is 14.7 Å². The molecule has 5 heteroatoms. The van der Waals surface area contributed by atoms with E-state index in [1.165, 1.54) is 4.90 Å². The first kappa shape index (κ1) is 20.4. The van der Waals surface area contributed by atoms with Crippen molar-refractivity contribution in [3.63, 3.8) is 0 Å². The number of benzene rings is 3. The van der Waals surface area contributed by atoms with Gasteiger partial charge in [-0.15, -0.1) is 0 Å². The second-order valence-electron chi connectivity index (χ2n) is 7.66. The van der Waals surface area contributed by atoms with Crippen molar-refractivity contribution in [2.24, 2.45) is 0 Å². The highest BCUT2D eigenvalue weighted by molar-refractivity contribution is 6.51. The van der Waals surface area contributed by atoms with Gasteiger partial charge in [-0.2, -0.15) is 0 Å². The molecule has 1 saturated heterocycles. The van der Waals surface area contributed by atoms with E-state index in [-0.39, 0.29) is 11.3 Å². The van der Waals surface area contributed by atoms with E-state index in [0.717, 1.165) is 11.1 Å². The summed E-state index contributed by atoms with van der Waals surface area (Å²) in [5.74, 6) is -0.981. The topological polar surface area (TPSA) is 66.8 Å². The number of aliphatic hydroxyl groups excluding tert-OH is 1. The minimum Gasteiger partial charge on any atom is -0.507 e. The van der Waals surface area contributed by atoms with Gasteiger partial charge in [0.2, 0.25) is 0 Å². The second-order valence-corrected chi connectivity index (χ2v) is 7.66. The number of carbonyl (C=O) groups excluding carboxylic acids is 2. The van der Waals surface area contributed by atoms with Crippen LogP contribution in [0.2, 0.25) is 0 Å². The number of amides is 1. The fourth-order valence-electron chi connectivity index (χ4n) is 4.07. The highest BCUT2D eigenvalue weighted by Gasteiger charge is 2.47. The van der Waals surface area contributed by atoms with Gasteiger partial charge >= 0.3 is 0 Å². The molecule has 3 aromatic carbocycles. The van der Waals surface area contributed by atoms with Crippen LogP contribution in [0.1, 0.15) is 28.3 Å². The molecule has 1 amide bonds. The van der Waals surface area contributed by atoms with Gasteiger partial charge in [0.15, 0.2) is 0 Å². The Morgan fingerprint density at radius 3 is 2.23 bits per heavy atom. The fourth-order valence-corrected chi connectivity index (χ4v) is 4.07. The molecule has 4 rings (SSSR count). The lowest BCUT2D eigenvalue weighted by atomic mass is 9.95. The first-order valence-corrected chi connectivity index (χ1v) is 9.99. The Labute approximate surface area is 181 Å². The molecule has 1 aliphatic heterocycles. The van der Waals surface area contributed by atoms with Gasteiger partial charge in [0.25, 0.3) is 11.7 Å². The lowest BCUT2D eigenvalue weighted by Gasteiger charge is -2.26. The van der Waals surface area contributed by atoms with E-state index in [1.54, 1.807) is 49.6 Å². The summed E-state index contributed by atoms with van der Waals surface area (Å²) in [5, 5.41) is 11.1. The van der Waals surface area contributed by atoms with Crippen molar-refractivity contribution in [3.8, 4) is 5.75 Å². The summed E-state index contributed by atoms with van der Waals surface area (Å²) in [6.45, 7) is 3.88. The first-order chi connectivity index (χ1) is 14.9. The van der Waals surface area contributed by atoms with Gasteiger partial charge in [-0.05, 0) is 54.8 Å². The summed E-state index contributed by atoms with van der Waals surface area (Å²) >= 11 is 0. The molecule has 3 aromatic rings. The number of rotatable bonds is 4. The Morgan fingerprint density at radius 1 is 0.903 bits per heavy atom. The van der Waals surface area contributed by atoms with Crippen molar-refractivity contribution in [2.75, 3.05) is 12.0 Å². The quantitative estimate of drug-likeness (QED) is 0.374. The molecular weight excluding hydrogens is 390 g/mol. The first-order valence-electron chi connectivity index (χ1n) is 9.99. The van der Waals surface area contributed by atoms with Gasteiger partial charge in [0.1, 0.15) is 11.5 Å². The van der Waals surface area contributed by atoms with E-state index < -0.39 is 17.7 Å². The van der Waals surface area contributed by atoms with E-state index in [2.05, 4.69) is 0 Å². The maximum atomic E-state index is 13.2. The molecule has 0 aromatic heterocycles. The zero-order chi connectivity index (χ0) is 22.1. The Kier molecular flexibility index (Phi) is 5.34. The molecule has 1 atom stereocenters. The summed E-state index contributed by atoms with van der Waals surface area (Å²) in [6.07, 6.45) is 0. The lowest BCUT2D eigenvalue weighted by Crippen LogP contribution is -2.29. The Hall–Kier alpha value is -3.86. The number of Topliss-reactive ketones (excluding diaryl/α,β-unsaturated/α-hetero) is 1. The van der Waals surface area contributed by atoms with Gasteiger partial charge in [0, 0.05) is 11.3 Å². The Bertz CT molecular complexity index is 1180. The zero-order valence-corrected chi connectivity index (χ0v) is 17.6. The molecule has 1 unspecified atom stereocenters. The van der Waals surface area contributed by atoms with Crippen LogP contribution in [0.4, 0.5) is 5.69 Å². The number of nitrogens with zero attached hydrogens (tertiary/aromatic N) is 1. The monoisotopic (exact) mass is 413 g/mol. The molecule has 0 spiro atoms. The Balaban J connectivity index is 1.98. The molecule has 0 aliphatic carbocycles. The smallest absolute Gasteiger partial charge is 0.300 e. The number of ether oxygens (including phenoxy) is 1. The van der Waals surface area contributed by atoms with E-state index in [4.69, 9.17) is 4.74 Å². The van der Waals surface area contributed by atoms with Crippen LogP contribution in [-0.4, -0.2) is 23.9 Å². The molecule has 1 heterocycles. The van der Waals surface area contributed by atoms with Crippen molar-refractivity contribution in [1.82, 2.24) is 0 Å². The van der Waals surface area contributed by atoms with E-state index in [1.807, 2.05) is 44.2 Å². The van der Waals surface area contributed by atoms with Crippen molar-refractivity contribution in [2.45, 2.75) is 19.9 Å². The molecule has 5 nitrogen and oxygen atoms in total. The fraction of sp³-hybridized carbons (Fsp3) is 0.154. The van der Waals surface area contributed by atoms with Crippen LogP contribution in [0.15, 0.2) is 78.4 Å². The van der Waals surface area contributed by atoms with Gasteiger partial charge in [-0.1, -0.05) is 48.5 Å². The van der Waals surface area contributed by atoms with Gasteiger partial charge < -0.3 is 9.84 Å². The molecule has 1 aliphatic rings. The standard InChI is InChI=1S/C26H23NO4/c1-16-12-17(2)14-20(13-16)27-23(19-10-7-11-21(15-19)31-3)22(25(29)26(27)30)24(28)18-8-5-4-6-9-18/h4-15,23,28H,1-3H3/b24-22+. The molecule has 0 saturated carbocycles. The summed E-state index contributed by atoms with van der Waals surface area (Å²) in [5.41, 5.74) is 3.78. The van der Waals surface area contributed by atoms with Crippen LogP contribution >= 0.6 is 0 Å². The summed E-state index contributed by atoms with van der Waals surface area (Å²) in [7, 11) is 1.56. The largest absolute Gasteiger partial charge is 0.507 e. The highest BCUT2D eigenvalue weighted by Crippen LogP contribution is 2.43. The molecule has 1 fully saturated rings. The van der Waals surface area contributed by atoms with Crippen LogP contribution in [0.3, 0.4) is 0 Å². The van der Waals surface area contributed by atoms with E-state index >= 15 is 0 Å². The number of ketones is 1. The summed E-state index contributed by atoms with van der Waals surface area (Å²) in [4.78, 5) is 27.8. The normalized spacial score (nSPS) is 17.8. The van der Waals surface area contributed by atoms with Crippen LogP contribution in [0.25, 0.3) is 5.76 Å². The third-order valence-corrected chi connectivity index (χ3v) is 5.39. The van der Waals surface area contributed by atoms with Gasteiger partial charge in [-0.3, -0.25) is 14.5 Å². The SMILES string of the molecule is COc1cccc(C2/C(=C(\O)c3ccccc3)C(=O)C(=O)N2c2cc(C)cc(C)c2)c1. The maximum Gasteiger partial charge on any atom is 0.300 e. The average Bonchev–Trinajstić information content (AvgIpc) is 3.04. The Morgan fingerprint density at radius 2 is 1.58 bits per heavy atom. The number of anilines is 1.